The number of carbonyl (C=O) groups excluding carboxylic acids is 1. The summed E-state index contributed by atoms with van der Waals surface area (Å²) < 4.78 is 0. The predicted molar refractivity (Wildman–Crippen MR) is 57.6 cm³/mol. The van der Waals surface area contributed by atoms with Crippen LogP contribution in [0.15, 0.2) is 24.3 Å². The van der Waals surface area contributed by atoms with Gasteiger partial charge in [-0.3, -0.25) is 4.79 Å². The van der Waals surface area contributed by atoms with Crippen molar-refractivity contribution in [3.05, 3.63) is 35.4 Å². The molecule has 0 saturated heterocycles. The normalized spacial score (nSPS) is 19.9. The molecule has 3 nitrogen and oxygen atoms in total. The zero-order valence-corrected chi connectivity index (χ0v) is 8.95. The number of nitrogens with one attached hydrogen (secondary N) is 1. The van der Waals surface area contributed by atoms with Crippen LogP contribution in [-0.4, -0.2) is 16.6 Å². The summed E-state index contributed by atoms with van der Waals surface area (Å²) in [7, 11) is 0. The third-order valence-corrected chi connectivity index (χ3v) is 2.59. The Hall–Kier alpha value is -1.35. The Kier molecular flexibility index (Phi) is 2.27. The molecule has 0 spiro atoms. The molecule has 1 atom stereocenters. The van der Waals surface area contributed by atoms with Gasteiger partial charge in [0, 0.05) is 12.0 Å². The van der Waals surface area contributed by atoms with Crippen LogP contribution in [0.5, 0.6) is 0 Å². The fraction of sp³-hybridized carbons (Fsp3) is 0.417. The summed E-state index contributed by atoms with van der Waals surface area (Å²) in [6.07, 6.45) is 0.537. The van der Waals surface area contributed by atoms with E-state index in [1.165, 1.54) is 0 Å². The Balaban J connectivity index is 2.29. The van der Waals surface area contributed by atoms with Gasteiger partial charge in [0.2, 0.25) is 0 Å². The van der Waals surface area contributed by atoms with Crippen molar-refractivity contribution < 1.29 is 9.90 Å². The first kappa shape index (κ1) is 10.2. The third-order valence-electron chi connectivity index (χ3n) is 2.59. The lowest BCUT2D eigenvalue weighted by molar-refractivity contribution is 0.0591. The highest BCUT2D eigenvalue weighted by atomic mass is 16.3. The molecule has 1 unspecified atom stereocenters. The fourth-order valence-electron chi connectivity index (χ4n) is 1.98. The van der Waals surface area contributed by atoms with Gasteiger partial charge in [-0.1, -0.05) is 18.2 Å². The second-order valence-electron chi connectivity index (χ2n) is 4.63. The Labute approximate surface area is 89.1 Å². The number of fused-ring (bicyclic) bond motifs is 1. The van der Waals surface area contributed by atoms with Crippen LogP contribution in [0.2, 0.25) is 0 Å². The van der Waals surface area contributed by atoms with Crippen molar-refractivity contribution in [2.24, 2.45) is 0 Å². The number of benzene rings is 1. The van der Waals surface area contributed by atoms with Gasteiger partial charge in [0.15, 0.2) is 0 Å². The summed E-state index contributed by atoms with van der Waals surface area (Å²) in [4.78, 5) is 11.6. The van der Waals surface area contributed by atoms with Crippen LogP contribution in [0, 0.1) is 0 Å². The van der Waals surface area contributed by atoms with Crippen molar-refractivity contribution in [2.45, 2.75) is 31.9 Å². The van der Waals surface area contributed by atoms with Crippen LogP contribution in [-0.2, 0) is 0 Å². The van der Waals surface area contributed by atoms with E-state index in [1.54, 1.807) is 13.8 Å². The van der Waals surface area contributed by atoms with Crippen molar-refractivity contribution in [1.82, 2.24) is 5.32 Å². The van der Waals surface area contributed by atoms with E-state index in [2.05, 4.69) is 5.32 Å². The topological polar surface area (TPSA) is 49.3 Å². The molecule has 15 heavy (non-hydrogen) atoms. The first-order valence-electron chi connectivity index (χ1n) is 5.09. The second kappa shape index (κ2) is 3.35. The van der Waals surface area contributed by atoms with Gasteiger partial charge in [-0.05, 0) is 25.5 Å². The van der Waals surface area contributed by atoms with Crippen LogP contribution in [0.25, 0.3) is 0 Å². The van der Waals surface area contributed by atoms with Crippen molar-refractivity contribution in [3.63, 3.8) is 0 Å². The van der Waals surface area contributed by atoms with Gasteiger partial charge in [0.1, 0.15) is 0 Å². The Morgan fingerprint density at radius 3 is 2.73 bits per heavy atom. The zero-order valence-electron chi connectivity index (χ0n) is 8.95. The minimum atomic E-state index is -0.768. The van der Waals surface area contributed by atoms with Crippen LogP contribution >= 0.6 is 0 Å². The van der Waals surface area contributed by atoms with Crippen LogP contribution in [0.3, 0.4) is 0 Å². The molecule has 0 bridgehead atoms. The molecule has 0 aliphatic carbocycles. The second-order valence-corrected chi connectivity index (χ2v) is 4.63. The lowest BCUT2D eigenvalue weighted by Crippen LogP contribution is -2.28. The Bertz CT molecular complexity index is 393. The standard InChI is InChI=1S/C12H15NO2/c1-12(2,15)7-10-8-5-3-4-6-9(8)11(14)13-10/h3-6,10,15H,7H2,1-2H3,(H,13,14). The summed E-state index contributed by atoms with van der Waals surface area (Å²) in [5.74, 6) is -0.0418. The van der Waals surface area contributed by atoms with E-state index in [0.29, 0.717) is 6.42 Å². The number of carbonyl (C=O) groups is 1. The molecular formula is C12H15NO2. The van der Waals surface area contributed by atoms with Gasteiger partial charge >= 0.3 is 0 Å². The molecule has 1 aliphatic rings. The molecular weight excluding hydrogens is 190 g/mol. The molecule has 0 saturated carbocycles. The molecule has 1 aromatic rings. The van der Waals surface area contributed by atoms with Gasteiger partial charge in [-0.25, -0.2) is 0 Å². The van der Waals surface area contributed by atoms with Crippen LogP contribution in [0.4, 0.5) is 0 Å². The zero-order chi connectivity index (χ0) is 11.1. The summed E-state index contributed by atoms with van der Waals surface area (Å²) in [5, 5.41) is 12.6. The van der Waals surface area contributed by atoms with Crippen molar-refractivity contribution in [1.29, 1.82) is 0 Å². The monoisotopic (exact) mass is 205 g/mol. The van der Waals surface area contributed by atoms with Crippen molar-refractivity contribution in [2.75, 3.05) is 0 Å². The highest BCUT2D eigenvalue weighted by Crippen LogP contribution is 2.30. The molecule has 1 aromatic carbocycles. The molecule has 0 radical (unpaired) electrons. The first-order chi connectivity index (χ1) is 6.97. The van der Waals surface area contributed by atoms with Crippen molar-refractivity contribution >= 4 is 5.91 Å². The van der Waals surface area contributed by atoms with E-state index in [1.807, 2.05) is 24.3 Å². The lowest BCUT2D eigenvalue weighted by atomic mass is 9.94. The average Bonchev–Trinajstić information content (AvgIpc) is 2.42. The lowest BCUT2D eigenvalue weighted by Gasteiger charge is -2.22. The summed E-state index contributed by atoms with van der Waals surface area (Å²) in [6.45, 7) is 3.50. The SMILES string of the molecule is CC(C)(O)CC1NC(=O)c2ccccc21. The van der Waals surface area contributed by atoms with Crippen molar-refractivity contribution in [3.8, 4) is 0 Å². The van der Waals surface area contributed by atoms with E-state index in [0.717, 1.165) is 11.1 Å². The molecule has 0 fully saturated rings. The smallest absolute Gasteiger partial charge is 0.252 e. The molecule has 1 aliphatic heterocycles. The van der Waals surface area contributed by atoms with Gasteiger partial charge in [-0.15, -0.1) is 0 Å². The molecule has 1 heterocycles. The minimum absolute atomic E-state index is 0.0418. The minimum Gasteiger partial charge on any atom is -0.390 e. The fourth-order valence-corrected chi connectivity index (χ4v) is 1.98. The van der Waals surface area contributed by atoms with Gasteiger partial charge in [0.25, 0.3) is 5.91 Å². The molecule has 0 aromatic heterocycles. The third kappa shape index (κ3) is 2.02. The molecule has 80 valence electrons. The van der Waals surface area contributed by atoms with E-state index in [9.17, 15) is 9.90 Å². The summed E-state index contributed by atoms with van der Waals surface area (Å²) >= 11 is 0. The maximum Gasteiger partial charge on any atom is 0.252 e. The van der Waals surface area contributed by atoms with E-state index < -0.39 is 5.60 Å². The number of amides is 1. The molecule has 2 rings (SSSR count). The van der Waals surface area contributed by atoms with Gasteiger partial charge < -0.3 is 10.4 Å². The number of rotatable bonds is 2. The summed E-state index contributed by atoms with van der Waals surface area (Å²) in [6, 6.07) is 7.45. The highest BCUT2D eigenvalue weighted by Gasteiger charge is 2.31. The number of hydrogen-bond acceptors (Lipinski definition) is 2. The molecule has 3 heteroatoms. The quantitative estimate of drug-likeness (QED) is 0.771. The van der Waals surface area contributed by atoms with E-state index >= 15 is 0 Å². The molecule has 2 N–H and O–H groups in total. The van der Waals surface area contributed by atoms with Gasteiger partial charge in [0.05, 0.1) is 11.6 Å². The number of hydrogen-bond donors (Lipinski definition) is 2. The van der Waals surface area contributed by atoms with Gasteiger partial charge in [-0.2, -0.15) is 0 Å². The predicted octanol–water partition coefficient (Wildman–Crippen LogP) is 1.63. The largest absolute Gasteiger partial charge is 0.390 e. The van der Waals surface area contributed by atoms with E-state index in [-0.39, 0.29) is 11.9 Å². The summed E-state index contributed by atoms with van der Waals surface area (Å²) in [5.41, 5.74) is 0.950. The maximum absolute atomic E-state index is 11.6. The van der Waals surface area contributed by atoms with Crippen LogP contribution in [0.1, 0.15) is 42.2 Å². The average molecular weight is 205 g/mol. The maximum atomic E-state index is 11.6. The number of aliphatic hydroxyl groups is 1. The highest BCUT2D eigenvalue weighted by molar-refractivity contribution is 5.99. The Morgan fingerprint density at radius 1 is 1.40 bits per heavy atom. The Morgan fingerprint density at radius 2 is 2.07 bits per heavy atom. The van der Waals surface area contributed by atoms with Crippen LogP contribution < -0.4 is 5.32 Å². The first-order valence-corrected chi connectivity index (χ1v) is 5.09. The molecule has 1 amide bonds. The van der Waals surface area contributed by atoms with E-state index in [4.69, 9.17) is 0 Å².